The Hall–Kier alpha value is -2.27. The van der Waals surface area contributed by atoms with Crippen LogP contribution in [-0.2, 0) is 6.54 Å². The Morgan fingerprint density at radius 3 is 2.62 bits per heavy atom. The molecular formula is C20H26IN5O2S. The Kier molecular flexibility index (Phi) is 9.26. The second-order valence-corrected chi connectivity index (χ2v) is 6.97. The summed E-state index contributed by atoms with van der Waals surface area (Å²) in [5, 5.41) is 10.9. The molecule has 0 spiro atoms. The lowest BCUT2D eigenvalue weighted by Crippen LogP contribution is -2.39. The minimum absolute atomic E-state index is 0. The van der Waals surface area contributed by atoms with E-state index in [1.54, 1.807) is 32.6 Å². The van der Waals surface area contributed by atoms with E-state index in [9.17, 15) is 0 Å². The third-order valence-electron chi connectivity index (χ3n) is 4.15. The van der Waals surface area contributed by atoms with Gasteiger partial charge < -0.3 is 25.4 Å². The fourth-order valence-electron chi connectivity index (χ4n) is 2.70. The summed E-state index contributed by atoms with van der Waals surface area (Å²) in [5.74, 6) is 2.27. The number of thiazole rings is 1. The number of nitrogens with one attached hydrogen (secondary N) is 3. The number of aromatic nitrogens is 1. The minimum Gasteiger partial charge on any atom is -0.497 e. The first kappa shape index (κ1) is 23.0. The number of anilines is 1. The lowest BCUT2D eigenvalue weighted by Gasteiger charge is -2.14. The summed E-state index contributed by atoms with van der Waals surface area (Å²) in [6.07, 6.45) is 0. The van der Waals surface area contributed by atoms with Crippen LogP contribution in [0.25, 0.3) is 10.2 Å². The van der Waals surface area contributed by atoms with Gasteiger partial charge >= 0.3 is 0 Å². The number of methoxy groups -OCH3 is 2. The molecule has 0 aliphatic rings. The van der Waals surface area contributed by atoms with E-state index in [1.807, 2.05) is 36.4 Å². The zero-order valence-electron chi connectivity index (χ0n) is 16.7. The van der Waals surface area contributed by atoms with Gasteiger partial charge in [-0.2, -0.15) is 0 Å². The van der Waals surface area contributed by atoms with E-state index in [0.29, 0.717) is 6.54 Å². The normalized spacial score (nSPS) is 10.9. The summed E-state index contributed by atoms with van der Waals surface area (Å²) in [4.78, 5) is 8.83. The van der Waals surface area contributed by atoms with Crippen LogP contribution in [0.5, 0.6) is 11.5 Å². The van der Waals surface area contributed by atoms with Gasteiger partial charge in [-0.3, -0.25) is 4.99 Å². The molecule has 0 aliphatic carbocycles. The van der Waals surface area contributed by atoms with Gasteiger partial charge in [0.05, 0.1) is 24.4 Å². The first-order valence-corrected chi connectivity index (χ1v) is 9.80. The maximum Gasteiger partial charge on any atom is 0.191 e. The highest BCUT2D eigenvalue weighted by molar-refractivity contribution is 14.0. The Morgan fingerprint density at radius 2 is 1.90 bits per heavy atom. The first-order chi connectivity index (χ1) is 13.7. The summed E-state index contributed by atoms with van der Waals surface area (Å²) < 4.78 is 11.8. The zero-order chi connectivity index (χ0) is 19.8. The molecule has 3 N–H and O–H groups in total. The molecule has 0 saturated carbocycles. The van der Waals surface area contributed by atoms with Crippen molar-refractivity contribution < 1.29 is 9.47 Å². The molecule has 1 heterocycles. The van der Waals surface area contributed by atoms with Crippen LogP contribution in [-0.4, -0.2) is 45.3 Å². The average Bonchev–Trinajstić information content (AvgIpc) is 3.16. The van der Waals surface area contributed by atoms with E-state index in [4.69, 9.17) is 9.47 Å². The molecule has 0 fully saturated rings. The monoisotopic (exact) mass is 527 g/mol. The summed E-state index contributed by atoms with van der Waals surface area (Å²) >= 11 is 1.66. The van der Waals surface area contributed by atoms with Crippen molar-refractivity contribution in [3.63, 3.8) is 0 Å². The van der Waals surface area contributed by atoms with E-state index in [2.05, 4.69) is 32.0 Å². The van der Waals surface area contributed by atoms with Gasteiger partial charge in [-0.05, 0) is 24.3 Å². The van der Waals surface area contributed by atoms with Crippen molar-refractivity contribution in [2.24, 2.45) is 4.99 Å². The number of benzene rings is 2. The van der Waals surface area contributed by atoms with Crippen molar-refractivity contribution in [3.05, 3.63) is 48.0 Å². The van der Waals surface area contributed by atoms with Crippen molar-refractivity contribution >= 4 is 56.6 Å². The van der Waals surface area contributed by atoms with Gasteiger partial charge in [0.15, 0.2) is 11.1 Å². The Balaban J connectivity index is 0.00000300. The van der Waals surface area contributed by atoms with Gasteiger partial charge in [0.1, 0.15) is 11.5 Å². The maximum atomic E-state index is 5.43. The largest absolute Gasteiger partial charge is 0.497 e. The number of hydrogen-bond donors (Lipinski definition) is 3. The molecule has 1 aromatic heterocycles. The molecule has 0 bridgehead atoms. The Morgan fingerprint density at radius 1 is 1.07 bits per heavy atom. The molecule has 3 rings (SSSR count). The highest BCUT2D eigenvalue weighted by Gasteiger charge is 2.06. The van der Waals surface area contributed by atoms with Gasteiger partial charge in [-0.1, -0.05) is 23.5 Å². The molecule has 0 atom stereocenters. The molecule has 0 radical (unpaired) electrons. The average molecular weight is 527 g/mol. The van der Waals surface area contributed by atoms with Gasteiger partial charge in [0.25, 0.3) is 0 Å². The van der Waals surface area contributed by atoms with E-state index in [0.717, 1.165) is 46.8 Å². The summed E-state index contributed by atoms with van der Waals surface area (Å²) in [6.45, 7) is 2.06. The molecule has 7 nitrogen and oxygen atoms in total. The number of ether oxygens (including phenoxy) is 2. The molecule has 3 aromatic rings. The van der Waals surface area contributed by atoms with Crippen molar-refractivity contribution in [2.45, 2.75) is 6.54 Å². The zero-order valence-corrected chi connectivity index (χ0v) is 19.8. The summed E-state index contributed by atoms with van der Waals surface area (Å²) in [5.41, 5.74) is 2.05. The number of rotatable bonds is 8. The third-order valence-corrected chi connectivity index (χ3v) is 5.15. The van der Waals surface area contributed by atoms with Crippen LogP contribution in [0.1, 0.15) is 5.56 Å². The van der Waals surface area contributed by atoms with E-state index < -0.39 is 0 Å². The number of aliphatic imine (C=N–C) groups is 1. The fraction of sp³-hybridized carbons (Fsp3) is 0.300. The lowest BCUT2D eigenvalue weighted by molar-refractivity contribution is 0.390. The van der Waals surface area contributed by atoms with Crippen LogP contribution in [0.3, 0.4) is 0 Å². The van der Waals surface area contributed by atoms with Gasteiger partial charge in [0.2, 0.25) is 0 Å². The molecule has 156 valence electrons. The number of halogens is 1. The van der Waals surface area contributed by atoms with Crippen LogP contribution >= 0.6 is 35.3 Å². The highest BCUT2D eigenvalue weighted by Crippen LogP contribution is 2.25. The van der Waals surface area contributed by atoms with Gasteiger partial charge in [-0.25, -0.2) is 4.98 Å². The standard InChI is InChI=1S/C20H25N5O2S.HI/c1-21-19(24-13-14-8-9-15(26-2)12-17(14)27-3)22-10-11-23-20-25-16-6-4-5-7-18(16)28-20;/h4-9,12H,10-11,13H2,1-3H3,(H,23,25)(H2,21,22,24);1H. The predicted octanol–water partition coefficient (Wildman–Crippen LogP) is 3.71. The van der Waals surface area contributed by atoms with E-state index in [1.165, 1.54) is 4.70 Å². The van der Waals surface area contributed by atoms with Crippen molar-refractivity contribution in [1.82, 2.24) is 15.6 Å². The van der Waals surface area contributed by atoms with Crippen molar-refractivity contribution in [1.29, 1.82) is 0 Å². The molecule has 0 aliphatic heterocycles. The van der Waals surface area contributed by atoms with Crippen LogP contribution in [0.4, 0.5) is 5.13 Å². The van der Waals surface area contributed by atoms with E-state index >= 15 is 0 Å². The second kappa shape index (κ2) is 11.7. The Bertz CT molecular complexity index is 915. The molecule has 0 saturated heterocycles. The lowest BCUT2D eigenvalue weighted by atomic mass is 10.2. The molecule has 0 unspecified atom stereocenters. The smallest absolute Gasteiger partial charge is 0.191 e. The first-order valence-electron chi connectivity index (χ1n) is 8.98. The second-order valence-electron chi connectivity index (χ2n) is 5.94. The quantitative estimate of drug-likeness (QED) is 0.180. The van der Waals surface area contributed by atoms with Crippen LogP contribution in [0.2, 0.25) is 0 Å². The number of guanidine groups is 1. The van der Waals surface area contributed by atoms with Crippen molar-refractivity contribution in [2.75, 3.05) is 39.7 Å². The predicted molar refractivity (Wildman–Crippen MR) is 131 cm³/mol. The topological polar surface area (TPSA) is 79.8 Å². The maximum absolute atomic E-state index is 5.43. The molecule has 9 heteroatoms. The van der Waals surface area contributed by atoms with Gasteiger partial charge in [0, 0.05) is 38.3 Å². The Labute approximate surface area is 192 Å². The van der Waals surface area contributed by atoms with Gasteiger partial charge in [-0.15, -0.1) is 24.0 Å². The van der Waals surface area contributed by atoms with Crippen molar-refractivity contribution in [3.8, 4) is 11.5 Å². The third kappa shape index (κ3) is 6.36. The number of para-hydroxylation sites is 1. The molecule has 0 amide bonds. The van der Waals surface area contributed by atoms with Crippen LogP contribution < -0.4 is 25.4 Å². The number of nitrogens with zero attached hydrogens (tertiary/aromatic N) is 2. The minimum atomic E-state index is 0. The number of fused-ring (bicyclic) bond motifs is 1. The highest BCUT2D eigenvalue weighted by atomic mass is 127. The molecule has 29 heavy (non-hydrogen) atoms. The fourth-order valence-corrected chi connectivity index (χ4v) is 3.59. The SMILES string of the molecule is CN=C(NCCNc1nc2ccccc2s1)NCc1ccc(OC)cc1OC.I. The van der Waals surface area contributed by atoms with Crippen LogP contribution in [0, 0.1) is 0 Å². The summed E-state index contributed by atoms with van der Waals surface area (Å²) in [7, 11) is 5.04. The summed E-state index contributed by atoms with van der Waals surface area (Å²) in [6, 6.07) is 13.9. The molecular weight excluding hydrogens is 501 g/mol. The molecule has 2 aromatic carbocycles. The number of hydrogen-bond acceptors (Lipinski definition) is 6. The van der Waals surface area contributed by atoms with Crippen LogP contribution in [0.15, 0.2) is 47.5 Å². The van der Waals surface area contributed by atoms with E-state index in [-0.39, 0.29) is 24.0 Å².